The van der Waals surface area contributed by atoms with Crippen LogP contribution < -0.4 is 9.62 Å². The molecule has 0 saturated carbocycles. The molecule has 1 aliphatic rings. The molecule has 0 spiro atoms. The zero-order valence-electron chi connectivity index (χ0n) is 15.2. The van der Waals surface area contributed by atoms with Gasteiger partial charge in [-0.3, -0.25) is 9.10 Å². The maximum atomic E-state index is 12.6. The minimum absolute atomic E-state index is 0.163. The van der Waals surface area contributed by atoms with Crippen molar-refractivity contribution in [3.05, 3.63) is 64.7 Å². The molecule has 0 bridgehead atoms. The van der Waals surface area contributed by atoms with Crippen LogP contribution in [0.4, 0.5) is 5.69 Å². The summed E-state index contributed by atoms with van der Waals surface area (Å²) >= 11 is 0. The monoisotopic (exact) mass is 372 g/mol. The maximum absolute atomic E-state index is 12.6. The van der Waals surface area contributed by atoms with Crippen LogP contribution in [0.25, 0.3) is 0 Å². The van der Waals surface area contributed by atoms with Crippen molar-refractivity contribution in [2.45, 2.75) is 33.2 Å². The first-order chi connectivity index (χ1) is 12.4. The molecule has 2 aromatic carbocycles. The summed E-state index contributed by atoms with van der Waals surface area (Å²) in [7, 11) is -3.30. The zero-order valence-corrected chi connectivity index (χ0v) is 16.0. The number of anilines is 1. The van der Waals surface area contributed by atoms with Gasteiger partial charge in [0.05, 0.1) is 11.4 Å². The number of benzene rings is 2. The van der Waals surface area contributed by atoms with Gasteiger partial charge in [0.2, 0.25) is 10.0 Å². The molecule has 26 heavy (non-hydrogen) atoms. The van der Waals surface area contributed by atoms with Crippen LogP contribution >= 0.6 is 0 Å². The molecule has 1 heterocycles. The van der Waals surface area contributed by atoms with Gasteiger partial charge in [0.1, 0.15) is 0 Å². The number of aryl methyl sites for hydroxylation is 2. The van der Waals surface area contributed by atoms with Crippen molar-refractivity contribution >= 4 is 21.6 Å². The van der Waals surface area contributed by atoms with Gasteiger partial charge < -0.3 is 5.32 Å². The van der Waals surface area contributed by atoms with Crippen molar-refractivity contribution in [1.29, 1.82) is 0 Å². The second kappa shape index (κ2) is 7.50. The molecule has 1 amide bonds. The topological polar surface area (TPSA) is 66.5 Å². The first-order valence-electron chi connectivity index (χ1n) is 8.82. The van der Waals surface area contributed by atoms with E-state index in [0.29, 0.717) is 30.8 Å². The Balaban J connectivity index is 1.80. The lowest BCUT2D eigenvalue weighted by atomic mass is 10.1. The number of nitrogens with zero attached hydrogens (tertiary/aromatic N) is 1. The molecule has 0 aromatic heterocycles. The third-order valence-electron chi connectivity index (χ3n) is 4.79. The molecule has 3 rings (SSSR count). The fourth-order valence-electron chi connectivity index (χ4n) is 3.16. The Morgan fingerprint density at radius 1 is 1.08 bits per heavy atom. The predicted octanol–water partition coefficient (Wildman–Crippen LogP) is 3.16. The predicted molar refractivity (Wildman–Crippen MR) is 104 cm³/mol. The van der Waals surface area contributed by atoms with Crippen LogP contribution in [0.15, 0.2) is 42.5 Å². The summed E-state index contributed by atoms with van der Waals surface area (Å²) in [5.41, 5.74) is 4.11. The lowest BCUT2D eigenvalue weighted by Gasteiger charge is -2.29. The number of hydrogen-bond acceptors (Lipinski definition) is 3. The molecule has 1 saturated heterocycles. The van der Waals surface area contributed by atoms with Gasteiger partial charge in [0, 0.05) is 18.7 Å². The molecular weight excluding hydrogens is 348 g/mol. The summed E-state index contributed by atoms with van der Waals surface area (Å²) < 4.78 is 26.2. The van der Waals surface area contributed by atoms with Gasteiger partial charge in [-0.1, -0.05) is 30.3 Å². The molecule has 1 aliphatic heterocycles. The SMILES string of the molecule is Cc1ccccc1CNC(=O)c1ccc(C)c(N2CCCCS2(=O)=O)c1. The Hall–Kier alpha value is -2.34. The van der Waals surface area contributed by atoms with Crippen LogP contribution in [0.5, 0.6) is 0 Å². The van der Waals surface area contributed by atoms with Crippen LogP contribution in [-0.2, 0) is 16.6 Å². The minimum atomic E-state index is -3.30. The van der Waals surface area contributed by atoms with Crippen molar-refractivity contribution in [2.75, 3.05) is 16.6 Å². The number of nitrogens with one attached hydrogen (secondary N) is 1. The third-order valence-corrected chi connectivity index (χ3v) is 6.65. The fourth-order valence-corrected chi connectivity index (χ4v) is 4.86. The maximum Gasteiger partial charge on any atom is 0.251 e. The summed E-state index contributed by atoms with van der Waals surface area (Å²) in [6.07, 6.45) is 1.52. The van der Waals surface area contributed by atoms with Gasteiger partial charge in [-0.15, -0.1) is 0 Å². The average molecular weight is 372 g/mol. The van der Waals surface area contributed by atoms with Crippen molar-refractivity contribution in [1.82, 2.24) is 5.32 Å². The Morgan fingerprint density at radius 3 is 2.58 bits per heavy atom. The first kappa shape index (κ1) is 18.5. The second-order valence-corrected chi connectivity index (χ2v) is 8.72. The summed E-state index contributed by atoms with van der Waals surface area (Å²) in [5, 5.41) is 2.92. The van der Waals surface area contributed by atoms with E-state index in [9.17, 15) is 13.2 Å². The molecule has 6 heteroatoms. The van der Waals surface area contributed by atoms with Gasteiger partial charge in [0.15, 0.2) is 0 Å². The van der Waals surface area contributed by atoms with Crippen LogP contribution in [0.3, 0.4) is 0 Å². The minimum Gasteiger partial charge on any atom is -0.348 e. The molecule has 0 unspecified atom stereocenters. The van der Waals surface area contributed by atoms with E-state index in [1.54, 1.807) is 12.1 Å². The van der Waals surface area contributed by atoms with Crippen molar-refractivity contribution in [3.8, 4) is 0 Å². The smallest absolute Gasteiger partial charge is 0.251 e. The Kier molecular flexibility index (Phi) is 5.32. The van der Waals surface area contributed by atoms with Crippen LogP contribution in [0, 0.1) is 13.8 Å². The van der Waals surface area contributed by atoms with E-state index in [1.807, 2.05) is 44.2 Å². The number of amides is 1. The normalized spacial score (nSPS) is 16.3. The highest BCUT2D eigenvalue weighted by Gasteiger charge is 2.27. The summed E-state index contributed by atoms with van der Waals surface area (Å²) in [6.45, 7) is 4.79. The number of carbonyl (C=O) groups excluding carboxylic acids is 1. The Labute approximate surface area is 155 Å². The van der Waals surface area contributed by atoms with E-state index in [0.717, 1.165) is 23.1 Å². The van der Waals surface area contributed by atoms with Gasteiger partial charge in [0.25, 0.3) is 5.91 Å². The van der Waals surface area contributed by atoms with Crippen molar-refractivity contribution in [2.24, 2.45) is 0 Å². The Morgan fingerprint density at radius 2 is 1.85 bits per heavy atom. The largest absolute Gasteiger partial charge is 0.348 e. The summed E-state index contributed by atoms with van der Waals surface area (Å²) in [6, 6.07) is 13.1. The summed E-state index contributed by atoms with van der Waals surface area (Å²) in [5.74, 6) is -0.0419. The van der Waals surface area contributed by atoms with Crippen LogP contribution in [0.1, 0.15) is 39.9 Å². The quantitative estimate of drug-likeness (QED) is 0.896. The first-order valence-corrected chi connectivity index (χ1v) is 10.4. The standard InChI is InChI=1S/C20H24N2O3S/c1-15-7-3-4-8-18(15)14-21-20(23)17-10-9-16(2)19(13-17)22-11-5-6-12-26(22,24)25/h3-4,7-10,13H,5-6,11-12,14H2,1-2H3,(H,21,23). The van der Waals surface area contributed by atoms with Crippen molar-refractivity contribution < 1.29 is 13.2 Å². The highest BCUT2D eigenvalue weighted by molar-refractivity contribution is 7.92. The van der Waals surface area contributed by atoms with E-state index in [2.05, 4.69) is 5.32 Å². The second-order valence-electron chi connectivity index (χ2n) is 6.71. The van der Waals surface area contributed by atoms with Gasteiger partial charge in [-0.2, -0.15) is 0 Å². The highest BCUT2D eigenvalue weighted by Crippen LogP contribution is 2.28. The van der Waals surface area contributed by atoms with E-state index < -0.39 is 10.0 Å². The summed E-state index contributed by atoms with van der Waals surface area (Å²) in [4.78, 5) is 12.6. The highest BCUT2D eigenvalue weighted by atomic mass is 32.2. The molecule has 1 fully saturated rings. The lowest BCUT2D eigenvalue weighted by Crippen LogP contribution is -2.38. The molecule has 5 nitrogen and oxygen atoms in total. The molecule has 1 N–H and O–H groups in total. The molecule has 2 aromatic rings. The van der Waals surface area contributed by atoms with E-state index >= 15 is 0 Å². The van der Waals surface area contributed by atoms with Gasteiger partial charge in [-0.25, -0.2) is 8.42 Å². The van der Waals surface area contributed by atoms with Crippen LogP contribution in [0.2, 0.25) is 0 Å². The number of carbonyl (C=O) groups is 1. The van der Waals surface area contributed by atoms with Gasteiger partial charge in [-0.05, 0) is 55.5 Å². The van der Waals surface area contributed by atoms with E-state index in [-0.39, 0.29) is 11.7 Å². The van der Waals surface area contributed by atoms with E-state index in [4.69, 9.17) is 0 Å². The van der Waals surface area contributed by atoms with E-state index in [1.165, 1.54) is 4.31 Å². The lowest BCUT2D eigenvalue weighted by molar-refractivity contribution is 0.0951. The molecule has 0 radical (unpaired) electrons. The Bertz CT molecular complexity index is 922. The number of rotatable bonds is 4. The van der Waals surface area contributed by atoms with Gasteiger partial charge >= 0.3 is 0 Å². The molecule has 0 aliphatic carbocycles. The zero-order chi connectivity index (χ0) is 18.7. The number of hydrogen-bond donors (Lipinski definition) is 1. The molecule has 0 atom stereocenters. The van der Waals surface area contributed by atoms with Crippen molar-refractivity contribution in [3.63, 3.8) is 0 Å². The number of sulfonamides is 1. The molecular formula is C20H24N2O3S. The molecule has 138 valence electrons. The third kappa shape index (κ3) is 3.90. The fraction of sp³-hybridized carbons (Fsp3) is 0.350. The van der Waals surface area contributed by atoms with Crippen LogP contribution in [-0.4, -0.2) is 26.6 Å². The average Bonchev–Trinajstić information content (AvgIpc) is 2.61.